The molecule has 0 unspecified atom stereocenters. The maximum absolute atomic E-state index is 13.7. The molecule has 26 heteroatoms. The van der Waals surface area contributed by atoms with Crippen LogP contribution in [0.15, 0.2) is 0 Å². The van der Waals surface area contributed by atoms with E-state index in [1.165, 1.54) is 0 Å². The summed E-state index contributed by atoms with van der Waals surface area (Å²) >= 11 is 0. The monoisotopic (exact) mass is 684 g/mol. The van der Waals surface area contributed by atoms with E-state index in [0.717, 1.165) is 0 Å². The molecule has 41 heavy (non-hydrogen) atoms. The Bertz CT molecular complexity index is 1070. The summed E-state index contributed by atoms with van der Waals surface area (Å²) < 4.78 is 301. The Kier molecular flexibility index (Phi) is 9.78. The molecule has 0 spiro atoms. The molecule has 0 amide bonds. The first-order chi connectivity index (χ1) is 17.4. The number of hydrogen-bond donors (Lipinski definition) is 1. The summed E-state index contributed by atoms with van der Waals surface area (Å²) in [4.78, 5) is 10.2. The Morgan fingerprint density at radius 1 is 0.463 bits per heavy atom. The van der Waals surface area contributed by atoms with Gasteiger partial charge in [0.05, 0.1) is 17.9 Å². The number of carboxylic acid groups (broad SMARTS) is 1. The van der Waals surface area contributed by atoms with Crippen LogP contribution in [0.5, 0.6) is 0 Å². The highest BCUT2D eigenvalue weighted by Crippen LogP contribution is 2.66. The molecule has 0 aliphatic rings. The molecule has 0 rings (SSSR count). The highest BCUT2D eigenvalue weighted by molar-refractivity contribution is 7.91. The molecule has 0 aromatic rings. The second kappa shape index (κ2) is 10.3. The van der Waals surface area contributed by atoms with Crippen molar-refractivity contribution in [3.8, 4) is 0 Å². The Hall–Kier alpha value is -2.05. The van der Waals surface area contributed by atoms with Gasteiger partial charge < -0.3 is 5.11 Å². The van der Waals surface area contributed by atoms with Crippen LogP contribution in [0.4, 0.5) is 92.2 Å². The van der Waals surface area contributed by atoms with Gasteiger partial charge >= 0.3 is 65.4 Å². The lowest BCUT2D eigenvalue weighted by molar-refractivity contribution is -0.474. The Morgan fingerprint density at radius 3 is 1.00 bits per heavy atom. The molecule has 0 bridgehead atoms. The summed E-state index contributed by atoms with van der Waals surface area (Å²) in [5.41, 5.74) is 0. The predicted octanol–water partition coefficient (Wildman–Crippen LogP) is 6.55. The van der Waals surface area contributed by atoms with Crippen molar-refractivity contribution in [2.45, 2.75) is 72.3 Å². The molecule has 0 radical (unpaired) electrons. The van der Waals surface area contributed by atoms with Gasteiger partial charge in [0.1, 0.15) is 0 Å². The van der Waals surface area contributed by atoms with Crippen molar-refractivity contribution in [2.75, 3.05) is 11.5 Å². The fourth-order valence-corrected chi connectivity index (χ4v) is 3.63. The largest absolute Gasteiger partial charge is 0.481 e. The first-order valence-corrected chi connectivity index (χ1v) is 11.1. The fourth-order valence-electron chi connectivity index (χ4n) is 2.38. The summed E-state index contributed by atoms with van der Waals surface area (Å²) in [6.07, 6.45) is -12.9. The molecule has 0 saturated carbocycles. The minimum Gasteiger partial charge on any atom is -0.481 e. The third kappa shape index (κ3) is 5.80. The maximum Gasteiger partial charge on any atom is 0.460 e. The molecule has 246 valence electrons. The number of hydrogen-bond acceptors (Lipinski definition) is 3. The quantitative estimate of drug-likeness (QED) is 0.211. The second-order valence-electron chi connectivity index (χ2n) is 7.84. The summed E-state index contributed by atoms with van der Waals surface area (Å²) in [7, 11) is -5.30. The highest BCUT2D eigenvalue weighted by Gasteiger charge is 2.97. The smallest absolute Gasteiger partial charge is 0.460 e. The van der Waals surface area contributed by atoms with Crippen molar-refractivity contribution in [3.63, 3.8) is 0 Å². The molecule has 1 N–H and O–H groups in total. The molecule has 4 nitrogen and oxygen atoms in total. The number of aliphatic carboxylic acids is 1. The molecule has 0 heterocycles. The van der Waals surface area contributed by atoms with Gasteiger partial charge in [0, 0.05) is 6.42 Å². The van der Waals surface area contributed by atoms with Crippen LogP contribution in [0.3, 0.4) is 0 Å². The first kappa shape index (κ1) is 38.9. The van der Waals surface area contributed by atoms with Crippen LogP contribution in [0, 0.1) is 0 Å². The van der Waals surface area contributed by atoms with Crippen LogP contribution in [-0.2, 0) is 14.6 Å². The highest BCUT2D eigenvalue weighted by atomic mass is 32.2. The number of carbonyl (C=O) groups is 1. The average molecular weight is 684 g/mol. The standard InChI is InChI=1S/C15H9F21O4S/c16-6(17,2-4-41(39,40)3-1-5(37)38)7(18,19)8(20,21)9(22,23)10(24,25)11(26,27)12(28,29)13(30,31)14(32,33)15(34,35)36/h1-4H2,(H,37,38). The van der Waals surface area contributed by atoms with E-state index in [4.69, 9.17) is 5.11 Å². The predicted molar refractivity (Wildman–Crippen MR) is 86.1 cm³/mol. The van der Waals surface area contributed by atoms with Gasteiger partial charge in [0.25, 0.3) is 0 Å². The van der Waals surface area contributed by atoms with Crippen LogP contribution < -0.4 is 0 Å². The minimum atomic E-state index is -9.29. The molecule has 0 atom stereocenters. The Balaban J connectivity index is 6.82. The van der Waals surface area contributed by atoms with Gasteiger partial charge in [-0.15, -0.1) is 0 Å². The van der Waals surface area contributed by atoms with Crippen molar-refractivity contribution >= 4 is 15.8 Å². The van der Waals surface area contributed by atoms with Gasteiger partial charge in [-0.2, -0.15) is 92.2 Å². The van der Waals surface area contributed by atoms with Gasteiger partial charge in [-0.1, -0.05) is 0 Å². The van der Waals surface area contributed by atoms with Crippen LogP contribution in [0.1, 0.15) is 12.8 Å². The van der Waals surface area contributed by atoms with Crippen LogP contribution in [0.25, 0.3) is 0 Å². The Morgan fingerprint density at radius 2 is 0.732 bits per heavy atom. The van der Waals surface area contributed by atoms with Crippen molar-refractivity contribution in [2.24, 2.45) is 0 Å². The number of carboxylic acids is 1. The zero-order chi connectivity index (χ0) is 33.9. The number of rotatable bonds is 14. The number of sulfone groups is 1. The molecular formula is C15H9F21O4S. The molecule has 0 fully saturated rings. The van der Waals surface area contributed by atoms with Gasteiger partial charge in [-0.25, -0.2) is 8.42 Å². The van der Waals surface area contributed by atoms with E-state index in [1.54, 1.807) is 0 Å². The molecule has 0 aromatic carbocycles. The third-order valence-corrected chi connectivity index (χ3v) is 6.58. The molecule has 0 saturated heterocycles. The molecule has 0 aliphatic heterocycles. The summed E-state index contributed by atoms with van der Waals surface area (Å²) in [5.74, 6) is -84.8. The second-order valence-corrected chi connectivity index (χ2v) is 10.1. The average Bonchev–Trinajstić information content (AvgIpc) is 2.74. The van der Waals surface area contributed by atoms with Crippen molar-refractivity contribution in [3.05, 3.63) is 0 Å². The lowest BCUT2D eigenvalue weighted by Crippen LogP contribution is -2.76. The van der Waals surface area contributed by atoms with E-state index in [0.29, 0.717) is 0 Å². The summed E-state index contributed by atoms with van der Waals surface area (Å²) in [5, 5.41) is 8.22. The summed E-state index contributed by atoms with van der Waals surface area (Å²) in [6, 6.07) is 0. The van der Waals surface area contributed by atoms with Crippen molar-refractivity contribution < 1.29 is 111 Å². The zero-order valence-corrected chi connectivity index (χ0v) is 19.2. The number of halogens is 21. The minimum absolute atomic E-state index is 1.48. The van der Waals surface area contributed by atoms with Crippen LogP contribution >= 0.6 is 0 Å². The molecule has 0 aliphatic carbocycles. The van der Waals surface area contributed by atoms with E-state index in [1.807, 2.05) is 0 Å². The normalized spacial score (nSPS) is 16.2. The van der Waals surface area contributed by atoms with Gasteiger partial charge in [-0.3, -0.25) is 4.79 Å². The van der Waals surface area contributed by atoms with Gasteiger partial charge in [0.15, 0.2) is 9.84 Å². The van der Waals surface area contributed by atoms with E-state index < -0.39 is 99.6 Å². The maximum atomic E-state index is 13.7. The van der Waals surface area contributed by atoms with E-state index in [2.05, 4.69) is 0 Å². The zero-order valence-electron chi connectivity index (χ0n) is 18.3. The lowest BCUT2D eigenvalue weighted by atomic mass is 9.86. The van der Waals surface area contributed by atoms with E-state index in [9.17, 15) is 105 Å². The Labute approximate surface area is 211 Å². The molecular weight excluding hydrogens is 675 g/mol. The van der Waals surface area contributed by atoms with Crippen LogP contribution in [-0.4, -0.2) is 90.5 Å². The molecule has 0 aromatic heterocycles. The van der Waals surface area contributed by atoms with Crippen LogP contribution in [0.2, 0.25) is 0 Å². The summed E-state index contributed by atoms with van der Waals surface area (Å²) in [6.45, 7) is 0. The van der Waals surface area contributed by atoms with E-state index >= 15 is 0 Å². The SMILES string of the molecule is O=C(O)CCS(=O)(=O)CCC(F)(F)C(F)(F)C(F)(F)C(F)(F)C(F)(F)C(F)(F)C(F)(F)C(F)(F)C(F)(F)C(F)(F)F. The lowest BCUT2D eigenvalue weighted by Gasteiger charge is -2.44. The fraction of sp³-hybridized carbons (Fsp3) is 0.933. The van der Waals surface area contributed by atoms with E-state index in [-0.39, 0.29) is 0 Å². The van der Waals surface area contributed by atoms with Crippen molar-refractivity contribution in [1.29, 1.82) is 0 Å². The van der Waals surface area contributed by atoms with Crippen molar-refractivity contribution in [1.82, 2.24) is 0 Å². The number of alkyl halides is 21. The third-order valence-electron chi connectivity index (χ3n) is 4.93. The van der Waals surface area contributed by atoms with Gasteiger partial charge in [-0.05, 0) is 0 Å². The van der Waals surface area contributed by atoms with Gasteiger partial charge in [0.2, 0.25) is 0 Å². The first-order valence-electron chi connectivity index (χ1n) is 9.26. The topological polar surface area (TPSA) is 71.4 Å².